The first-order chi connectivity index (χ1) is 13.3. The van der Waals surface area contributed by atoms with Crippen molar-refractivity contribution >= 4 is 17.8 Å². The Kier molecular flexibility index (Phi) is 18.0. The predicted molar refractivity (Wildman–Crippen MR) is 108 cm³/mol. The van der Waals surface area contributed by atoms with Gasteiger partial charge in [0.15, 0.2) is 0 Å². The third-order valence-corrected chi connectivity index (χ3v) is 2.72. The largest absolute Gasteiger partial charge is 0.462 e. The first-order valence-electron chi connectivity index (χ1n) is 8.54. The molecular weight excluding hydrogens is 362 g/mol. The van der Waals surface area contributed by atoms with Gasteiger partial charge in [-0.2, -0.15) is 0 Å². The Morgan fingerprint density at radius 1 is 1.18 bits per heavy atom. The number of carbonyl (C=O) groups excluding carboxylic acids is 3. The highest BCUT2D eigenvalue weighted by atomic mass is 16.5. The van der Waals surface area contributed by atoms with Crippen molar-refractivity contribution in [2.75, 3.05) is 13.3 Å². The molecule has 0 bridgehead atoms. The van der Waals surface area contributed by atoms with E-state index in [0.29, 0.717) is 17.7 Å². The summed E-state index contributed by atoms with van der Waals surface area (Å²) in [5, 5.41) is 10.1. The standard InChI is InChI=1S/C9H8O2.C8H14O2.C4H7NO2/c1-2-11-9(10)8-6-4-3-5-7-8;1-4-5-6-10-8(9)7(2)3;1-2-4(7)5-3-6/h2-7H,1H2;2,4-6H2,1,3H3;2,6H,1,3H2,(H,5,7). The second-order valence-electron chi connectivity index (χ2n) is 5.11. The quantitative estimate of drug-likeness (QED) is 0.232. The number of ether oxygens (including phenoxy) is 2. The number of carbonyl (C=O) groups is 3. The number of hydrogen-bond donors (Lipinski definition) is 2. The summed E-state index contributed by atoms with van der Waals surface area (Å²) in [5.41, 5.74) is 1.00. The lowest BCUT2D eigenvalue weighted by molar-refractivity contribution is -0.139. The molecule has 2 N–H and O–H groups in total. The topological polar surface area (TPSA) is 102 Å². The highest BCUT2D eigenvalue weighted by Gasteiger charge is 2.02. The van der Waals surface area contributed by atoms with Crippen LogP contribution < -0.4 is 5.32 Å². The van der Waals surface area contributed by atoms with Gasteiger partial charge in [-0.25, -0.2) is 9.59 Å². The van der Waals surface area contributed by atoms with E-state index >= 15 is 0 Å². The first kappa shape index (κ1) is 27.0. The molecule has 154 valence electrons. The highest BCUT2D eigenvalue weighted by Crippen LogP contribution is 2.00. The second-order valence-corrected chi connectivity index (χ2v) is 5.11. The average Bonchev–Trinajstić information content (AvgIpc) is 2.70. The Bertz CT molecular complexity index is 625. The number of rotatable bonds is 8. The van der Waals surface area contributed by atoms with Crippen LogP contribution in [0.1, 0.15) is 37.0 Å². The number of benzene rings is 1. The minimum absolute atomic E-state index is 0.284. The maximum atomic E-state index is 11.0. The molecule has 1 amide bonds. The average molecular weight is 391 g/mol. The number of aliphatic hydroxyl groups excluding tert-OH is 1. The van der Waals surface area contributed by atoms with E-state index in [1.165, 1.54) is 0 Å². The smallest absolute Gasteiger partial charge is 0.342 e. The minimum Gasteiger partial charge on any atom is -0.462 e. The molecule has 0 aliphatic rings. The number of esters is 2. The molecule has 7 nitrogen and oxygen atoms in total. The molecule has 0 saturated carbocycles. The van der Waals surface area contributed by atoms with E-state index in [1.54, 1.807) is 31.2 Å². The van der Waals surface area contributed by atoms with E-state index in [2.05, 4.69) is 36.7 Å². The molecule has 0 aliphatic carbocycles. The number of hydrogen-bond acceptors (Lipinski definition) is 6. The molecule has 0 unspecified atom stereocenters. The maximum Gasteiger partial charge on any atom is 0.342 e. The van der Waals surface area contributed by atoms with Crippen molar-refractivity contribution < 1.29 is 29.0 Å². The molecule has 0 aliphatic heterocycles. The van der Waals surface area contributed by atoms with Crippen LogP contribution in [0, 0.1) is 0 Å². The van der Waals surface area contributed by atoms with E-state index in [4.69, 9.17) is 9.84 Å². The fourth-order valence-electron chi connectivity index (χ4n) is 1.30. The van der Waals surface area contributed by atoms with Crippen LogP contribution in [0.5, 0.6) is 0 Å². The van der Waals surface area contributed by atoms with Gasteiger partial charge in [-0.05, 0) is 31.6 Å². The van der Waals surface area contributed by atoms with Crippen molar-refractivity contribution in [3.63, 3.8) is 0 Å². The number of unbranched alkanes of at least 4 members (excludes halogenated alkanes) is 1. The van der Waals surface area contributed by atoms with Gasteiger partial charge in [0, 0.05) is 5.57 Å². The zero-order valence-corrected chi connectivity index (χ0v) is 16.5. The maximum absolute atomic E-state index is 11.0. The van der Waals surface area contributed by atoms with E-state index in [9.17, 15) is 14.4 Å². The molecule has 0 heterocycles. The predicted octanol–water partition coefficient (Wildman–Crippen LogP) is 3.13. The first-order valence-corrected chi connectivity index (χ1v) is 8.54. The van der Waals surface area contributed by atoms with Crippen LogP contribution >= 0.6 is 0 Å². The molecule has 0 fully saturated rings. The molecule has 0 aromatic heterocycles. The third-order valence-electron chi connectivity index (χ3n) is 2.72. The normalized spacial score (nSPS) is 8.54. The van der Waals surface area contributed by atoms with Gasteiger partial charge in [0.05, 0.1) is 18.4 Å². The second kappa shape index (κ2) is 18.6. The summed E-state index contributed by atoms with van der Waals surface area (Å²) in [5.74, 6) is -1.02. The molecule has 1 aromatic rings. The fraction of sp³-hybridized carbons (Fsp3) is 0.286. The van der Waals surface area contributed by atoms with Gasteiger partial charge in [0.1, 0.15) is 6.73 Å². The molecule has 1 aromatic carbocycles. The van der Waals surface area contributed by atoms with Gasteiger partial charge < -0.3 is 19.9 Å². The number of amides is 1. The SMILES string of the molecule is C=C(C)C(=O)OCCCC.C=CC(=O)NCO.C=COC(=O)c1ccccc1. The summed E-state index contributed by atoms with van der Waals surface area (Å²) in [6, 6.07) is 8.77. The lowest BCUT2D eigenvalue weighted by atomic mass is 10.2. The fourth-order valence-corrected chi connectivity index (χ4v) is 1.30. The minimum atomic E-state index is -0.374. The van der Waals surface area contributed by atoms with E-state index in [-0.39, 0.29) is 24.6 Å². The molecule has 1 rings (SSSR count). The molecule has 0 saturated heterocycles. The van der Waals surface area contributed by atoms with Crippen molar-refractivity contribution in [3.05, 3.63) is 73.5 Å². The van der Waals surface area contributed by atoms with Crippen molar-refractivity contribution in [1.29, 1.82) is 0 Å². The van der Waals surface area contributed by atoms with Gasteiger partial charge in [-0.1, -0.05) is 51.3 Å². The van der Waals surface area contributed by atoms with Crippen LogP contribution in [0.15, 0.2) is 68.0 Å². The number of nitrogens with one attached hydrogen (secondary N) is 1. The Balaban J connectivity index is 0. The van der Waals surface area contributed by atoms with Gasteiger partial charge in [0.2, 0.25) is 5.91 Å². The van der Waals surface area contributed by atoms with Crippen molar-refractivity contribution in [2.24, 2.45) is 0 Å². The Labute approximate surface area is 166 Å². The summed E-state index contributed by atoms with van der Waals surface area (Å²) < 4.78 is 9.36. The lowest BCUT2D eigenvalue weighted by Crippen LogP contribution is -2.20. The van der Waals surface area contributed by atoms with Gasteiger partial charge in [0.25, 0.3) is 0 Å². The lowest BCUT2D eigenvalue weighted by Gasteiger charge is -2.01. The number of aliphatic hydroxyl groups is 1. The van der Waals surface area contributed by atoms with Crippen molar-refractivity contribution in [3.8, 4) is 0 Å². The van der Waals surface area contributed by atoms with Crippen molar-refractivity contribution in [1.82, 2.24) is 5.32 Å². The van der Waals surface area contributed by atoms with Gasteiger partial charge in [-0.15, -0.1) is 0 Å². The summed E-state index contributed by atoms with van der Waals surface area (Å²) in [6.07, 6.45) is 4.19. The van der Waals surface area contributed by atoms with Crippen LogP contribution in [-0.4, -0.2) is 36.3 Å². The van der Waals surface area contributed by atoms with E-state index in [1.807, 2.05) is 6.07 Å². The summed E-state index contributed by atoms with van der Waals surface area (Å²) in [4.78, 5) is 31.7. The van der Waals surface area contributed by atoms with Crippen molar-refractivity contribution in [2.45, 2.75) is 26.7 Å². The molecule has 7 heteroatoms. The Morgan fingerprint density at radius 2 is 1.79 bits per heavy atom. The van der Waals surface area contributed by atoms with E-state index in [0.717, 1.165) is 25.2 Å². The monoisotopic (exact) mass is 391 g/mol. The van der Waals surface area contributed by atoms with Gasteiger partial charge >= 0.3 is 11.9 Å². The molecule has 0 spiro atoms. The summed E-state index contributed by atoms with van der Waals surface area (Å²) in [6.45, 7) is 13.8. The Morgan fingerprint density at radius 3 is 2.18 bits per heavy atom. The third kappa shape index (κ3) is 16.3. The van der Waals surface area contributed by atoms with E-state index < -0.39 is 0 Å². The van der Waals surface area contributed by atoms with Crippen LogP contribution in [0.4, 0.5) is 0 Å². The van der Waals surface area contributed by atoms with Crippen LogP contribution in [0.2, 0.25) is 0 Å². The Hall–Kier alpha value is -3.19. The molecule has 0 atom stereocenters. The van der Waals surface area contributed by atoms with Crippen LogP contribution in [-0.2, 0) is 19.1 Å². The zero-order valence-electron chi connectivity index (χ0n) is 16.5. The molecule has 28 heavy (non-hydrogen) atoms. The molecular formula is C21H29NO6. The van der Waals surface area contributed by atoms with Crippen LogP contribution in [0.25, 0.3) is 0 Å². The zero-order chi connectivity index (χ0) is 21.8. The summed E-state index contributed by atoms with van der Waals surface area (Å²) in [7, 11) is 0. The van der Waals surface area contributed by atoms with Crippen LogP contribution in [0.3, 0.4) is 0 Å². The molecule has 0 radical (unpaired) electrons. The highest BCUT2D eigenvalue weighted by molar-refractivity contribution is 5.89. The van der Waals surface area contributed by atoms with Gasteiger partial charge in [-0.3, -0.25) is 4.79 Å². The summed E-state index contributed by atoms with van der Waals surface area (Å²) >= 11 is 0.